The molecule has 1 fully saturated rings. The van der Waals surface area contributed by atoms with Gasteiger partial charge in [0.1, 0.15) is 11.6 Å². The van der Waals surface area contributed by atoms with Gasteiger partial charge in [0.05, 0.1) is 31.2 Å². The highest BCUT2D eigenvalue weighted by Crippen LogP contribution is 2.39. The van der Waals surface area contributed by atoms with Crippen LogP contribution in [0, 0.1) is 5.82 Å². The van der Waals surface area contributed by atoms with Crippen molar-refractivity contribution in [3.05, 3.63) is 77.1 Å². The highest BCUT2D eigenvalue weighted by atomic mass is 19.1. The van der Waals surface area contributed by atoms with E-state index < -0.39 is 23.5 Å². The fourth-order valence-electron chi connectivity index (χ4n) is 3.96. The van der Waals surface area contributed by atoms with Crippen molar-refractivity contribution >= 4 is 17.4 Å². The molecule has 158 valence electrons. The van der Waals surface area contributed by atoms with Crippen LogP contribution in [0.2, 0.25) is 0 Å². The van der Waals surface area contributed by atoms with Crippen molar-refractivity contribution in [2.24, 2.45) is 0 Å². The first-order chi connectivity index (χ1) is 14.5. The van der Waals surface area contributed by atoms with E-state index in [1.165, 1.54) is 21.9 Å². The number of carbonyl (C=O) groups excluding carboxylic acids is 2. The topological polar surface area (TPSA) is 62.0 Å². The summed E-state index contributed by atoms with van der Waals surface area (Å²) in [6.07, 6.45) is 0.729. The number of likely N-dealkylation sites (tertiary alicyclic amines) is 1. The van der Waals surface area contributed by atoms with Crippen LogP contribution in [0.5, 0.6) is 0 Å². The molecule has 0 aromatic heterocycles. The number of nitrogens with zero attached hydrogens (tertiary/aromatic N) is 1. The Balaban J connectivity index is 2.00. The van der Waals surface area contributed by atoms with Crippen LogP contribution in [0.1, 0.15) is 37.4 Å². The second kappa shape index (κ2) is 9.67. The minimum absolute atomic E-state index is 0.0491. The number of ketones is 1. The Morgan fingerprint density at radius 3 is 2.27 bits per heavy atom. The van der Waals surface area contributed by atoms with Gasteiger partial charge in [-0.05, 0) is 31.5 Å². The summed E-state index contributed by atoms with van der Waals surface area (Å²) in [5.74, 6) is -1.94. The molecule has 0 saturated carbocycles. The minimum Gasteiger partial charge on any atom is -0.507 e. The number of amides is 1. The number of quaternary nitrogens is 1. The van der Waals surface area contributed by atoms with Crippen LogP contribution < -0.4 is 4.90 Å². The Kier molecular flexibility index (Phi) is 7.00. The van der Waals surface area contributed by atoms with Gasteiger partial charge in [-0.15, -0.1) is 0 Å². The summed E-state index contributed by atoms with van der Waals surface area (Å²) in [7, 11) is 0. The van der Waals surface area contributed by atoms with E-state index in [1.54, 1.807) is 36.4 Å². The van der Waals surface area contributed by atoms with Gasteiger partial charge in [0.25, 0.3) is 11.7 Å². The van der Waals surface area contributed by atoms with Gasteiger partial charge in [-0.1, -0.05) is 42.5 Å². The summed E-state index contributed by atoms with van der Waals surface area (Å²) in [4.78, 5) is 28.7. The van der Waals surface area contributed by atoms with Crippen LogP contribution in [0.15, 0.2) is 60.2 Å². The molecule has 2 aromatic rings. The third-order valence-electron chi connectivity index (χ3n) is 5.70. The smallest absolute Gasteiger partial charge is 0.295 e. The molecule has 30 heavy (non-hydrogen) atoms. The van der Waals surface area contributed by atoms with Gasteiger partial charge in [0, 0.05) is 18.5 Å². The molecule has 1 amide bonds. The van der Waals surface area contributed by atoms with Gasteiger partial charge in [0.15, 0.2) is 0 Å². The maximum absolute atomic E-state index is 13.5. The van der Waals surface area contributed by atoms with Gasteiger partial charge >= 0.3 is 0 Å². The summed E-state index contributed by atoms with van der Waals surface area (Å²) in [6.45, 7) is 7.48. The maximum Gasteiger partial charge on any atom is 0.295 e. The zero-order valence-electron chi connectivity index (χ0n) is 17.4. The second-order valence-electron chi connectivity index (χ2n) is 7.47. The zero-order chi connectivity index (χ0) is 21.7. The van der Waals surface area contributed by atoms with Crippen LogP contribution >= 0.6 is 0 Å². The molecule has 0 unspecified atom stereocenters. The van der Waals surface area contributed by atoms with Crippen molar-refractivity contribution in [1.82, 2.24) is 4.90 Å². The predicted octanol–water partition coefficient (Wildman–Crippen LogP) is 2.56. The number of Topliss-reactive ketones (excluding diaryl/α,β-unsaturated/α-hetero) is 1. The quantitative estimate of drug-likeness (QED) is 0.399. The molecule has 0 aliphatic carbocycles. The Labute approximate surface area is 176 Å². The van der Waals surface area contributed by atoms with Crippen molar-refractivity contribution in [2.45, 2.75) is 26.3 Å². The lowest BCUT2D eigenvalue weighted by Crippen LogP contribution is -3.11. The molecule has 5 nitrogen and oxygen atoms in total. The third kappa shape index (κ3) is 4.44. The number of carbonyl (C=O) groups is 2. The molecule has 0 radical (unpaired) electrons. The predicted molar refractivity (Wildman–Crippen MR) is 113 cm³/mol. The van der Waals surface area contributed by atoms with Crippen LogP contribution in [-0.2, 0) is 9.59 Å². The molecule has 1 aliphatic heterocycles. The molecule has 1 heterocycles. The Morgan fingerprint density at radius 1 is 1.03 bits per heavy atom. The van der Waals surface area contributed by atoms with E-state index in [4.69, 9.17) is 0 Å². The monoisotopic (exact) mass is 411 g/mol. The van der Waals surface area contributed by atoms with E-state index in [0.29, 0.717) is 17.7 Å². The normalized spacial score (nSPS) is 18.4. The summed E-state index contributed by atoms with van der Waals surface area (Å²) >= 11 is 0. The molecule has 6 heteroatoms. The highest BCUT2D eigenvalue weighted by molar-refractivity contribution is 6.46. The molecule has 2 aromatic carbocycles. The minimum atomic E-state index is -0.738. The molecule has 3 rings (SSSR count). The second-order valence-corrected chi connectivity index (χ2v) is 7.47. The number of aliphatic hydroxyl groups is 1. The molecule has 1 saturated heterocycles. The maximum atomic E-state index is 13.5. The molecule has 1 aliphatic rings. The first-order valence-electron chi connectivity index (χ1n) is 10.4. The van der Waals surface area contributed by atoms with E-state index in [0.717, 1.165) is 26.1 Å². The van der Waals surface area contributed by atoms with Gasteiger partial charge in [-0.2, -0.15) is 0 Å². The first kappa shape index (κ1) is 21.7. The molecule has 2 N–H and O–H groups in total. The Morgan fingerprint density at radius 2 is 1.67 bits per heavy atom. The lowest BCUT2D eigenvalue weighted by molar-refractivity contribution is -0.896. The molecular weight excluding hydrogens is 383 g/mol. The van der Waals surface area contributed by atoms with Gasteiger partial charge in [-0.3, -0.25) is 9.59 Å². The van der Waals surface area contributed by atoms with E-state index in [1.807, 2.05) is 6.07 Å². The van der Waals surface area contributed by atoms with E-state index >= 15 is 0 Å². The summed E-state index contributed by atoms with van der Waals surface area (Å²) in [5.41, 5.74) is 1.12. The number of nitrogens with one attached hydrogen (secondary N) is 1. The summed E-state index contributed by atoms with van der Waals surface area (Å²) < 4.78 is 13.5. The Bertz CT molecular complexity index is 921. The standard InChI is InChI=1S/C24H27FN2O3/c1-3-26(4-2)15-8-16-27-21(17-11-13-19(25)14-12-17)20(23(29)24(27)30)22(28)18-9-6-5-7-10-18/h5-7,9-14,21,28H,3-4,8,15-16H2,1-2H3/p+1/t21-/m1/s1. The lowest BCUT2D eigenvalue weighted by atomic mass is 9.95. The SMILES string of the molecule is CC[NH+](CC)CCCN1C(=O)C(=O)C(=C(O)c2ccccc2)[C@H]1c1ccc(F)cc1. The number of benzene rings is 2. The fourth-order valence-corrected chi connectivity index (χ4v) is 3.96. The van der Waals surface area contributed by atoms with Crippen LogP contribution in [0.25, 0.3) is 5.76 Å². The van der Waals surface area contributed by atoms with Crippen LogP contribution in [-0.4, -0.2) is 47.9 Å². The fraction of sp³-hybridized carbons (Fsp3) is 0.333. The summed E-state index contributed by atoms with van der Waals surface area (Å²) in [6, 6.07) is 13.7. The van der Waals surface area contributed by atoms with Crippen molar-refractivity contribution < 1.29 is 24.0 Å². The van der Waals surface area contributed by atoms with Crippen molar-refractivity contribution in [3.8, 4) is 0 Å². The van der Waals surface area contributed by atoms with Crippen LogP contribution in [0.3, 0.4) is 0 Å². The van der Waals surface area contributed by atoms with Gasteiger partial charge in [0.2, 0.25) is 0 Å². The van der Waals surface area contributed by atoms with E-state index in [-0.39, 0.29) is 11.3 Å². The number of halogens is 1. The number of hydrogen-bond acceptors (Lipinski definition) is 3. The van der Waals surface area contributed by atoms with Crippen molar-refractivity contribution in [2.75, 3.05) is 26.2 Å². The Hall–Kier alpha value is -2.99. The van der Waals surface area contributed by atoms with E-state index in [2.05, 4.69) is 13.8 Å². The molecule has 0 bridgehead atoms. The average Bonchev–Trinajstić information content (AvgIpc) is 3.02. The van der Waals surface area contributed by atoms with E-state index in [9.17, 15) is 19.1 Å². The first-order valence-corrected chi connectivity index (χ1v) is 10.4. The molecule has 0 spiro atoms. The molecular formula is C24H28FN2O3+. The van der Waals surface area contributed by atoms with Gasteiger partial charge < -0.3 is 14.9 Å². The highest BCUT2D eigenvalue weighted by Gasteiger charge is 2.45. The number of hydrogen-bond donors (Lipinski definition) is 2. The van der Waals surface area contributed by atoms with Crippen molar-refractivity contribution in [3.63, 3.8) is 0 Å². The summed E-state index contributed by atoms with van der Waals surface area (Å²) in [5, 5.41) is 10.9. The lowest BCUT2D eigenvalue weighted by Gasteiger charge is -2.26. The van der Waals surface area contributed by atoms with Gasteiger partial charge in [-0.25, -0.2) is 4.39 Å². The molecule has 1 atom stereocenters. The zero-order valence-corrected chi connectivity index (χ0v) is 17.4. The van der Waals surface area contributed by atoms with Crippen LogP contribution in [0.4, 0.5) is 4.39 Å². The number of aliphatic hydroxyl groups excluding tert-OH is 1. The average molecular weight is 411 g/mol. The number of rotatable bonds is 8. The van der Waals surface area contributed by atoms with Crippen molar-refractivity contribution in [1.29, 1.82) is 0 Å². The third-order valence-corrected chi connectivity index (χ3v) is 5.70. The largest absolute Gasteiger partial charge is 0.507 e.